The van der Waals surface area contributed by atoms with Gasteiger partial charge in [0.15, 0.2) is 0 Å². The first-order valence-corrected chi connectivity index (χ1v) is 5.14. The molecular formula is C10H12F3NS. The number of unbranched alkanes of at least 4 members (excludes halogenated alkanes) is 1. The van der Waals surface area contributed by atoms with E-state index in [1.807, 2.05) is 6.92 Å². The summed E-state index contributed by atoms with van der Waals surface area (Å²) < 4.78 is 37.4. The van der Waals surface area contributed by atoms with E-state index in [-0.39, 0.29) is 4.64 Å². The minimum Gasteiger partial charge on any atom is -0.350 e. The molecule has 1 N–H and O–H groups in total. The SMILES string of the molecule is CCCCc1cc(C(F)(F)F)cc(=S)[nH]1. The Labute approximate surface area is 91.3 Å². The monoisotopic (exact) mass is 235 g/mol. The first kappa shape index (κ1) is 12.2. The van der Waals surface area contributed by atoms with Crippen molar-refractivity contribution in [2.45, 2.75) is 32.4 Å². The molecule has 1 nitrogen and oxygen atoms in total. The van der Waals surface area contributed by atoms with Crippen LogP contribution in [-0.4, -0.2) is 4.98 Å². The van der Waals surface area contributed by atoms with Gasteiger partial charge in [-0.05, 0) is 25.0 Å². The van der Waals surface area contributed by atoms with Gasteiger partial charge in [-0.15, -0.1) is 0 Å². The first-order valence-electron chi connectivity index (χ1n) is 4.74. The minimum absolute atomic E-state index is 0.135. The zero-order valence-electron chi connectivity index (χ0n) is 8.32. The molecule has 0 unspecified atom stereocenters. The number of aryl methyl sites for hydroxylation is 1. The fourth-order valence-corrected chi connectivity index (χ4v) is 1.52. The maximum Gasteiger partial charge on any atom is 0.416 e. The Balaban J connectivity index is 3.01. The third-order valence-corrected chi connectivity index (χ3v) is 2.25. The average molecular weight is 235 g/mol. The molecule has 5 heteroatoms. The van der Waals surface area contributed by atoms with Crippen LogP contribution in [0.1, 0.15) is 31.0 Å². The van der Waals surface area contributed by atoms with Crippen LogP contribution in [-0.2, 0) is 12.6 Å². The smallest absolute Gasteiger partial charge is 0.350 e. The number of pyridine rings is 1. The van der Waals surface area contributed by atoms with E-state index in [1.54, 1.807) is 0 Å². The van der Waals surface area contributed by atoms with Crippen molar-refractivity contribution >= 4 is 12.2 Å². The number of aromatic nitrogens is 1. The van der Waals surface area contributed by atoms with Crippen molar-refractivity contribution < 1.29 is 13.2 Å². The van der Waals surface area contributed by atoms with E-state index in [0.717, 1.165) is 25.0 Å². The summed E-state index contributed by atoms with van der Waals surface area (Å²) in [6, 6.07) is 2.08. The van der Waals surface area contributed by atoms with Gasteiger partial charge in [0, 0.05) is 5.69 Å². The Hall–Kier alpha value is -0.840. The largest absolute Gasteiger partial charge is 0.416 e. The van der Waals surface area contributed by atoms with E-state index >= 15 is 0 Å². The van der Waals surface area contributed by atoms with E-state index in [9.17, 15) is 13.2 Å². The van der Waals surface area contributed by atoms with Crippen molar-refractivity contribution in [2.75, 3.05) is 0 Å². The van der Waals surface area contributed by atoms with Crippen molar-refractivity contribution in [1.29, 1.82) is 0 Å². The molecule has 1 aromatic heterocycles. The second-order valence-electron chi connectivity index (χ2n) is 3.36. The van der Waals surface area contributed by atoms with Crippen LogP contribution in [0, 0.1) is 4.64 Å². The van der Waals surface area contributed by atoms with Gasteiger partial charge in [0.1, 0.15) is 4.64 Å². The minimum atomic E-state index is -4.32. The highest BCUT2D eigenvalue weighted by Crippen LogP contribution is 2.29. The lowest BCUT2D eigenvalue weighted by molar-refractivity contribution is -0.137. The van der Waals surface area contributed by atoms with E-state index in [4.69, 9.17) is 12.2 Å². The van der Waals surface area contributed by atoms with Gasteiger partial charge >= 0.3 is 6.18 Å². The summed E-state index contributed by atoms with van der Waals surface area (Å²) in [5, 5.41) is 0. The number of alkyl halides is 3. The molecule has 15 heavy (non-hydrogen) atoms. The standard InChI is InChI=1S/C10H12F3NS/c1-2-3-4-8-5-7(10(11,12)13)6-9(15)14-8/h5-6H,2-4H2,1H3,(H,14,15). The number of hydrogen-bond donors (Lipinski definition) is 1. The normalized spacial score (nSPS) is 11.7. The summed E-state index contributed by atoms with van der Waals surface area (Å²) in [7, 11) is 0. The van der Waals surface area contributed by atoms with Crippen LogP contribution in [0.2, 0.25) is 0 Å². The summed E-state index contributed by atoms with van der Waals surface area (Å²) >= 11 is 4.75. The molecule has 0 bridgehead atoms. The van der Waals surface area contributed by atoms with E-state index in [2.05, 4.69) is 4.98 Å². The first-order chi connectivity index (χ1) is 6.93. The molecule has 0 amide bonds. The highest BCUT2D eigenvalue weighted by Gasteiger charge is 2.30. The third-order valence-electron chi connectivity index (χ3n) is 2.03. The molecule has 84 valence electrons. The number of hydrogen-bond acceptors (Lipinski definition) is 1. The molecule has 0 radical (unpaired) electrons. The topological polar surface area (TPSA) is 15.8 Å². The molecule has 0 aliphatic rings. The predicted octanol–water partition coefficient (Wildman–Crippen LogP) is 4.11. The average Bonchev–Trinajstić information content (AvgIpc) is 2.12. The van der Waals surface area contributed by atoms with Crippen LogP contribution in [0.15, 0.2) is 12.1 Å². The third kappa shape index (κ3) is 3.66. The van der Waals surface area contributed by atoms with Gasteiger partial charge in [0.2, 0.25) is 0 Å². The molecule has 0 atom stereocenters. The number of H-pyrrole nitrogens is 1. The van der Waals surface area contributed by atoms with Gasteiger partial charge < -0.3 is 4.98 Å². The van der Waals surface area contributed by atoms with Crippen molar-refractivity contribution in [1.82, 2.24) is 4.98 Å². The lowest BCUT2D eigenvalue weighted by Crippen LogP contribution is -2.06. The second-order valence-corrected chi connectivity index (χ2v) is 3.80. The van der Waals surface area contributed by atoms with Crippen molar-refractivity contribution in [3.8, 4) is 0 Å². The summed E-state index contributed by atoms with van der Waals surface area (Å²) in [4.78, 5) is 2.77. The lowest BCUT2D eigenvalue weighted by Gasteiger charge is -2.08. The van der Waals surface area contributed by atoms with Crippen LogP contribution in [0.3, 0.4) is 0 Å². The fourth-order valence-electron chi connectivity index (χ4n) is 1.27. The van der Waals surface area contributed by atoms with Crippen LogP contribution in [0.25, 0.3) is 0 Å². The molecule has 0 spiro atoms. The molecule has 0 aromatic carbocycles. The van der Waals surface area contributed by atoms with E-state index in [1.165, 1.54) is 0 Å². The molecule has 1 heterocycles. The number of rotatable bonds is 3. The highest BCUT2D eigenvalue weighted by atomic mass is 32.1. The Morgan fingerprint density at radius 1 is 1.33 bits per heavy atom. The summed E-state index contributed by atoms with van der Waals surface area (Å²) in [6.07, 6.45) is -1.92. The molecule has 1 aromatic rings. The fraction of sp³-hybridized carbons (Fsp3) is 0.500. The zero-order valence-corrected chi connectivity index (χ0v) is 9.13. The Bertz CT molecular complexity index is 381. The van der Waals surface area contributed by atoms with Crippen molar-refractivity contribution in [3.05, 3.63) is 28.0 Å². The predicted molar refractivity (Wildman–Crippen MR) is 55.2 cm³/mol. The maximum absolute atomic E-state index is 12.4. The van der Waals surface area contributed by atoms with Crippen LogP contribution < -0.4 is 0 Å². The van der Waals surface area contributed by atoms with Gasteiger partial charge in [0.25, 0.3) is 0 Å². The Kier molecular flexibility index (Phi) is 3.90. The molecule has 0 aliphatic carbocycles. The van der Waals surface area contributed by atoms with Gasteiger partial charge in [-0.3, -0.25) is 0 Å². The van der Waals surface area contributed by atoms with Crippen molar-refractivity contribution in [3.63, 3.8) is 0 Å². The Morgan fingerprint density at radius 3 is 2.53 bits per heavy atom. The highest BCUT2D eigenvalue weighted by molar-refractivity contribution is 7.71. The quantitative estimate of drug-likeness (QED) is 0.780. The molecule has 0 aliphatic heterocycles. The maximum atomic E-state index is 12.4. The molecular weight excluding hydrogens is 223 g/mol. The van der Waals surface area contributed by atoms with Crippen LogP contribution in [0.5, 0.6) is 0 Å². The van der Waals surface area contributed by atoms with Crippen molar-refractivity contribution in [2.24, 2.45) is 0 Å². The van der Waals surface area contributed by atoms with Gasteiger partial charge in [-0.2, -0.15) is 13.2 Å². The van der Waals surface area contributed by atoms with Gasteiger partial charge in [0.05, 0.1) is 5.56 Å². The molecule has 0 fully saturated rings. The molecule has 0 saturated heterocycles. The Morgan fingerprint density at radius 2 is 2.00 bits per heavy atom. The molecule has 0 saturated carbocycles. The van der Waals surface area contributed by atoms with Crippen LogP contribution in [0.4, 0.5) is 13.2 Å². The number of halogens is 3. The summed E-state index contributed by atoms with van der Waals surface area (Å²) in [6.45, 7) is 1.99. The zero-order chi connectivity index (χ0) is 11.5. The van der Waals surface area contributed by atoms with Crippen LogP contribution >= 0.6 is 12.2 Å². The van der Waals surface area contributed by atoms with E-state index < -0.39 is 11.7 Å². The second kappa shape index (κ2) is 4.79. The molecule has 1 rings (SSSR count). The number of nitrogens with one attached hydrogen (secondary N) is 1. The lowest BCUT2D eigenvalue weighted by atomic mass is 10.1. The van der Waals surface area contributed by atoms with E-state index in [0.29, 0.717) is 12.1 Å². The summed E-state index contributed by atoms with van der Waals surface area (Å²) in [5.74, 6) is 0. The van der Waals surface area contributed by atoms with Gasteiger partial charge in [-0.25, -0.2) is 0 Å². The number of aromatic amines is 1. The van der Waals surface area contributed by atoms with Gasteiger partial charge in [-0.1, -0.05) is 25.6 Å². The summed E-state index contributed by atoms with van der Waals surface area (Å²) in [5.41, 5.74) is -0.117.